The number of nitrogens with two attached hydrogens (primary N) is 1. The lowest BCUT2D eigenvalue weighted by Crippen LogP contribution is -2.40. The smallest absolute Gasteiger partial charge is 0.242 e. The number of nitrogen functional groups attached to an aromatic ring is 1. The van der Waals surface area contributed by atoms with E-state index in [1.165, 1.54) is 6.42 Å². The fourth-order valence-corrected chi connectivity index (χ4v) is 3.65. The van der Waals surface area contributed by atoms with Gasteiger partial charge in [0.1, 0.15) is 4.90 Å². The fraction of sp³-hybridized carbons (Fsp3) is 0.500. The molecule has 18 heavy (non-hydrogen) atoms. The van der Waals surface area contributed by atoms with Crippen molar-refractivity contribution in [3.05, 3.63) is 24.3 Å². The van der Waals surface area contributed by atoms with Crippen LogP contribution < -0.4 is 16.0 Å². The third-order valence-electron chi connectivity index (χ3n) is 3.53. The molecule has 1 aromatic carbocycles. The van der Waals surface area contributed by atoms with Gasteiger partial charge in [-0.25, -0.2) is 13.1 Å². The van der Waals surface area contributed by atoms with E-state index in [2.05, 4.69) is 10.1 Å². The van der Waals surface area contributed by atoms with Crippen molar-refractivity contribution in [3.8, 4) is 0 Å². The average Bonchev–Trinajstić information content (AvgIpc) is 2.25. The number of nitrogens with one attached hydrogen (secondary N) is 2. The summed E-state index contributed by atoms with van der Waals surface area (Å²) in [6, 6.07) is 6.58. The number of para-hydroxylation sites is 1. The molecule has 4 N–H and O–H groups in total. The van der Waals surface area contributed by atoms with Crippen molar-refractivity contribution in [1.82, 2.24) is 4.72 Å². The highest BCUT2D eigenvalue weighted by atomic mass is 32.2. The van der Waals surface area contributed by atoms with Gasteiger partial charge >= 0.3 is 0 Å². The Balaban J connectivity index is 2.19. The van der Waals surface area contributed by atoms with Crippen molar-refractivity contribution in [2.24, 2.45) is 11.8 Å². The summed E-state index contributed by atoms with van der Waals surface area (Å²) in [5.74, 6) is 5.79. The SMILES string of the molecule is CC(NS(=O)(=O)c1ccccc1NN)C1CCC1. The van der Waals surface area contributed by atoms with Crippen molar-refractivity contribution < 1.29 is 8.42 Å². The maximum atomic E-state index is 12.3. The lowest BCUT2D eigenvalue weighted by Gasteiger charge is -2.31. The molecule has 1 saturated carbocycles. The molecule has 1 aliphatic rings. The third-order valence-corrected chi connectivity index (χ3v) is 5.15. The molecule has 1 fully saturated rings. The Kier molecular flexibility index (Phi) is 3.89. The maximum Gasteiger partial charge on any atom is 0.242 e. The Morgan fingerprint density at radius 3 is 2.56 bits per heavy atom. The minimum atomic E-state index is -3.52. The molecule has 1 atom stereocenters. The predicted octanol–water partition coefficient (Wildman–Crippen LogP) is 1.44. The number of sulfonamides is 1. The van der Waals surface area contributed by atoms with Crippen LogP contribution >= 0.6 is 0 Å². The van der Waals surface area contributed by atoms with E-state index in [9.17, 15) is 8.42 Å². The van der Waals surface area contributed by atoms with Gasteiger partial charge in [-0.1, -0.05) is 18.6 Å². The van der Waals surface area contributed by atoms with E-state index in [1.54, 1.807) is 24.3 Å². The van der Waals surface area contributed by atoms with Crippen LogP contribution in [0.1, 0.15) is 26.2 Å². The fourth-order valence-electron chi connectivity index (χ4n) is 2.16. The first-order valence-electron chi connectivity index (χ1n) is 6.12. The van der Waals surface area contributed by atoms with Gasteiger partial charge in [-0.3, -0.25) is 5.84 Å². The molecule has 0 radical (unpaired) electrons. The van der Waals surface area contributed by atoms with Crippen molar-refractivity contribution in [3.63, 3.8) is 0 Å². The predicted molar refractivity (Wildman–Crippen MR) is 71.4 cm³/mol. The second-order valence-electron chi connectivity index (χ2n) is 4.74. The van der Waals surface area contributed by atoms with Crippen molar-refractivity contribution in [2.75, 3.05) is 5.43 Å². The number of hydrogen-bond acceptors (Lipinski definition) is 4. The first kappa shape index (κ1) is 13.3. The Morgan fingerprint density at radius 2 is 2.00 bits per heavy atom. The van der Waals surface area contributed by atoms with E-state index in [1.807, 2.05) is 6.92 Å². The second kappa shape index (κ2) is 5.26. The molecule has 0 bridgehead atoms. The molecule has 5 nitrogen and oxygen atoms in total. The van der Waals surface area contributed by atoms with Gasteiger partial charge in [0.2, 0.25) is 10.0 Å². The van der Waals surface area contributed by atoms with E-state index < -0.39 is 10.0 Å². The van der Waals surface area contributed by atoms with Crippen LogP contribution in [-0.4, -0.2) is 14.5 Å². The minimum Gasteiger partial charge on any atom is -0.323 e. The summed E-state index contributed by atoms with van der Waals surface area (Å²) in [7, 11) is -3.52. The average molecular weight is 269 g/mol. The van der Waals surface area contributed by atoms with Gasteiger partial charge in [0.05, 0.1) is 5.69 Å². The largest absolute Gasteiger partial charge is 0.323 e. The van der Waals surface area contributed by atoms with Crippen LogP contribution in [0, 0.1) is 5.92 Å². The standard InChI is InChI=1S/C12H19N3O2S/c1-9(10-5-4-6-10)15-18(16,17)12-8-3-2-7-11(12)14-13/h2-3,7-10,14-15H,4-6,13H2,1H3. The number of anilines is 1. The first-order valence-corrected chi connectivity index (χ1v) is 7.61. The van der Waals surface area contributed by atoms with E-state index in [4.69, 9.17) is 5.84 Å². The molecule has 0 heterocycles. The van der Waals surface area contributed by atoms with Crippen LogP contribution in [0.15, 0.2) is 29.2 Å². The quantitative estimate of drug-likeness (QED) is 0.558. The van der Waals surface area contributed by atoms with Gasteiger partial charge in [0.25, 0.3) is 0 Å². The van der Waals surface area contributed by atoms with Crippen LogP contribution in [0.25, 0.3) is 0 Å². The lowest BCUT2D eigenvalue weighted by atomic mass is 9.81. The van der Waals surface area contributed by atoms with Crippen molar-refractivity contribution >= 4 is 15.7 Å². The molecule has 0 amide bonds. The number of benzene rings is 1. The molecule has 0 saturated heterocycles. The summed E-state index contributed by atoms with van der Waals surface area (Å²) < 4.78 is 27.2. The molecule has 1 aliphatic carbocycles. The van der Waals surface area contributed by atoms with E-state index in [0.29, 0.717) is 11.6 Å². The van der Waals surface area contributed by atoms with E-state index in [0.717, 1.165) is 12.8 Å². The number of hydrogen-bond donors (Lipinski definition) is 3. The topological polar surface area (TPSA) is 84.2 Å². The number of hydrazine groups is 1. The molecule has 1 aromatic rings. The van der Waals surface area contributed by atoms with Crippen molar-refractivity contribution in [2.45, 2.75) is 37.1 Å². The zero-order valence-corrected chi connectivity index (χ0v) is 11.2. The van der Waals surface area contributed by atoms with Crippen LogP contribution in [0.5, 0.6) is 0 Å². The highest BCUT2D eigenvalue weighted by molar-refractivity contribution is 7.89. The van der Waals surface area contributed by atoms with Gasteiger partial charge in [0.15, 0.2) is 0 Å². The van der Waals surface area contributed by atoms with Crippen LogP contribution in [0.3, 0.4) is 0 Å². The van der Waals surface area contributed by atoms with Gasteiger partial charge in [0, 0.05) is 6.04 Å². The number of rotatable bonds is 5. The third kappa shape index (κ3) is 2.66. The minimum absolute atomic E-state index is 0.0328. The van der Waals surface area contributed by atoms with Crippen LogP contribution in [0.4, 0.5) is 5.69 Å². The summed E-state index contributed by atoms with van der Waals surface area (Å²) >= 11 is 0. The monoisotopic (exact) mass is 269 g/mol. The van der Waals surface area contributed by atoms with Crippen LogP contribution in [-0.2, 0) is 10.0 Å². The van der Waals surface area contributed by atoms with E-state index in [-0.39, 0.29) is 10.9 Å². The van der Waals surface area contributed by atoms with Crippen molar-refractivity contribution in [1.29, 1.82) is 0 Å². The summed E-state index contributed by atoms with van der Waals surface area (Å²) in [4.78, 5) is 0.193. The van der Waals surface area contributed by atoms with Gasteiger partial charge in [-0.05, 0) is 37.8 Å². The molecule has 1 unspecified atom stereocenters. The maximum absolute atomic E-state index is 12.3. The Hall–Kier alpha value is -1.11. The molecule has 6 heteroatoms. The zero-order chi connectivity index (χ0) is 13.2. The zero-order valence-electron chi connectivity index (χ0n) is 10.4. The van der Waals surface area contributed by atoms with Gasteiger partial charge in [-0.15, -0.1) is 0 Å². The Morgan fingerprint density at radius 1 is 1.33 bits per heavy atom. The molecule has 100 valence electrons. The van der Waals surface area contributed by atoms with Gasteiger partial charge < -0.3 is 5.43 Å². The first-order chi connectivity index (χ1) is 8.54. The second-order valence-corrected chi connectivity index (χ2v) is 6.42. The summed E-state index contributed by atoms with van der Waals surface area (Å²) in [6.45, 7) is 1.92. The Labute approximate surface area is 108 Å². The molecular formula is C12H19N3O2S. The van der Waals surface area contributed by atoms with Crippen LogP contribution in [0.2, 0.25) is 0 Å². The molecular weight excluding hydrogens is 250 g/mol. The molecule has 0 aliphatic heterocycles. The normalized spacial score (nSPS) is 18.1. The highest BCUT2D eigenvalue weighted by Gasteiger charge is 2.28. The highest BCUT2D eigenvalue weighted by Crippen LogP contribution is 2.30. The lowest BCUT2D eigenvalue weighted by molar-refractivity contribution is 0.260. The summed E-state index contributed by atoms with van der Waals surface area (Å²) in [5, 5.41) is 0. The Bertz CT molecular complexity index is 512. The summed E-state index contributed by atoms with van der Waals surface area (Å²) in [5.41, 5.74) is 2.82. The summed E-state index contributed by atoms with van der Waals surface area (Å²) in [6.07, 6.45) is 3.39. The van der Waals surface area contributed by atoms with E-state index >= 15 is 0 Å². The molecule has 0 spiro atoms. The van der Waals surface area contributed by atoms with Gasteiger partial charge in [-0.2, -0.15) is 0 Å². The molecule has 0 aromatic heterocycles. The molecule has 2 rings (SSSR count).